The summed E-state index contributed by atoms with van der Waals surface area (Å²) in [5.41, 5.74) is 3.39. The highest BCUT2D eigenvalue weighted by Crippen LogP contribution is 2.47. The summed E-state index contributed by atoms with van der Waals surface area (Å²) in [6.45, 7) is 4.70. The first kappa shape index (κ1) is 19.2. The number of hydrogen-bond acceptors (Lipinski definition) is 2. The molecular weight excluding hydrogens is 336 g/mol. The zero-order valence-corrected chi connectivity index (χ0v) is 16.2. The van der Waals surface area contributed by atoms with Gasteiger partial charge in [0.2, 0.25) is 11.8 Å². The molecular formula is C23H28N2O2. The molecule has 0 aliphatic heterocycles. The Hall–Kier alpha value is -2.62. The van der Waals surface area contributed by atoms with Crippen LogP contribution >= 0.6 is 0 Å². The standard InChI is InChI=1S/C23H28N2O2/c1-3-18-11-8-12-19(4-2)20(18)25-22(27)23(14-15-23)21(26)24-16-13-17-9-6-5-7-10-17/h5-12H,3-4,13-16H2,1-2H3,(H,24,26)(H,25,27). The van der Waals surface area contributed by atoms with Gasteiger partial charge in [0.15, 0.2) is 0 Å². The van der Waals surface area contributed by atoms with Crippen molar-refractivity contribution in [2.75, 3.05) is 11.9 Å². The van der Waals surface area contributed by atoms with Crippen molar-refractivity contribution in [1.29, 1.82) is 0 Å². The predicted octanol–water partition coefficient (Wildman–Crippen LogP) is 3.89. The van der Waals surface area contributed by atoms with Crippen LogP contribution in [0.15, 0.2) is 48.5 Å². The molecule has 1 aliphatic carbocycles. The van der Waals surface area contributed by atoms with E-state index in [1.54, 1.807) is 0 Å². The smallest absolute Gasteiger partial charge is 0.240 e. The van der Waals surface area contributed by atoms with Crippen molar-refractivity contribution in [1.82, 2.24) is 5.32 Å². The predicted molar refractivity (Wildman–Crippen MR) is 109 cm³/mol. The number of rotatable bonds is 8. The molecule has 3 rings (SSSR count). The summed E-state index contributed by atoms with van der Waals surface area (Å²) in [6, 6.07) is 16.1. The molecule has 0 heterocycles. The molecule has 0 spiro atoms. The van der Waals surface area contributed by atoms with Gasteiger partial charge in [-0.15, -0.1) is 0 Å². The van der Waals surface area contributed by atoms with Crippen LogP contribution in [0.3, 0.4) is 0 Å². The average molecular weight is 364 g/mol. The largest absolute Gasteiger partial charge is 0.355 e. The zero-order chi connectivity index (χ0) is 19.3. The zero-order valence-electron chi connectivity index (χ0n) is 16.2. The average Bonchev–Trinajstić information content (AvgIpc) is 3.51. The maximum absolute atomic E-state index is 12.9. The van der Waals surface area contributed by atoms with E-state index in [0.29, 0.717) is 19.4 Å². The van der Waals surface area contributed by atoms with Crippen LogP contribution in [0.4, 0.5) is 5.69 Å². The maximum Gasteiger partial charge on any atom is 0.240 e. The van der Waals surface area contributed by atoms with Gasteiger partial charge in [-0.2, -0.15) is 0 Å². The fourth-order valence-electron chi connectivity index (χ4n) is 3.45. The Balaban J connectivity index is 1.63. The maximum atomic E-state index is 12.9. The molecule has 0 saturated heterocycles. The lowest BCUT2D eigenvalue weighted by Gasteiger charge is -2.19. The van der Waals surface area contributed by atoms with Gasteiger partial charge in [-0.05, 0) is 48.8 Å². The Labute approximate surface area is 161 Å². The summed E-state index contributed by atoms with van der Waals surface area (Å²) in [5, 5.41) is 6.03. The van der Waals surface area contributed by atoms with E-state index in [-0.39, 0.29) is 11.8 Å². The third-order valence-corrected chi connectivity index (χ3v) is 5.40. The molecule has 2 N–H and O–H groups in total. The van der Waals surface area contributed by atoms with Gasteiger partial charge in [0.1, 0.15) is 5.41 Å². The fraction of sp³-hybridized carbons (Fsp3) is 0.391. The third-order valence-electron chi connectivity index (χ3n) is 5.40. The molecule has 0 atom stereocenters. The van der Waals surface area contributed by atoms with E-state index >= 15 is 0 Å². The highest BCUT2D eigenvalue weighted by molar-refractivity contribution is 6.13. The molecule has 0 aromatic heterocycles. The van der Waals surface area contributed by atoms with E-state index in [2.05, 4.69) is 24.5 Å². The quantitative estimate of drug-likeness (QED) is 0.698. The molecule has 1 aliphatic rings. The summed E-state index contributed by atoms with van der Waals surface area (Å²) in [6.07, 6.45) is 3.69. The summed E-state index contributed by atoms with van der Waals surface area (Å²) in [4.78, 5) is 25.6. The number of hydrogen-bond donors (Lipinski definition) is 2. The number of benzene rings is 2. The number of carbonyl (C=O) groups is 2. The lowest BCUT2D eigenvalue weighted by atomic mass is 10.0. The Morgan fingerprint density at radius 3 is 2.07 bits per heavy atom. The molecule has 1 fully saturated rings. The molecule has 1 saturated carbocycles. The first-order valence-corrected chi connectivity index (χ1v) is 9.85. The van der Waals surface area contributed by atoms with Crippen LogP contribution in [0.2, 0.25) is 0 Å². The van der Waals surface area contributed by atoms with Crippen LogP contribution in [-0.4, -0.2) is 18.4 Å². The van der Waals surface area contributed by atoms with E-state index in [1.165, 1.54) is 5.56 Å². The van der Waals surface area contributed by atoms with Crippen LogP contribution in [0.25, 0.3) is 0 Å². The number of anilines is 1. The Kier molecular flexibility index (Phi) is 5.94. The number of amides is 2. The van der Waals surface area contributed by atoms with Gasteiger partial charge in [0, 0.05) is 12.2 Å². The Bertz CT molecular complexity index is 788. The second-order valence-electron chi connectivity index (χ2n) is 7.19. The summed E-state index contributed by atoms with van der Waals surface area (Å²) < 4.78 is 0. The van der Waals surface area contributed by atoms with E-state index in [1.807, 2.05) is 48.5 Å². The van der Waals surface area contributed by atoms with E-state index in [9.17, 15) is 9.59 Å². The highest BCUT2D eigenvalue weighted by atomic mass is 16.2. The van der Waals surface area contributed by atoms with Crippen LogP contribution in [0.5, 0.6) is 0 Å². The van der Waals surface area contributed by atoms with Crippen LogP contribution in [0, 0.1) is 5.41 Å². The number of carbonyl (C=O) groups excluding carboxylic acids is 2. The first-order chi connectivity index (χ1) is 13.1. The van der Waals surface area contributed by atoms with Crippen LogP contribution < -0.4 is 10.6 Å². The van der Waals surface area contributed by atoms with Crippen molar-refractivity contribution in [3.05, 3.63) is 65.2 Å². The van der Waals surface area contributed by atoms with Gasteiger partial charge in [-0.25, -0.2) is 0 Å². The van der Waals surface area contributed by atoms with Gasteiger partial charge < -0.3 is 10.6 Å². The minimum Gasteiger partial charge on any atom is -0.355 e. The van der Waals surface area contributed by atoms with Crippen LogP contribution in [0.1, 0.15) is 43.4 Å². The summed E-state index contributed by atoms with van der Waals surface area (Å²) >= 11 is 0. The van der Waals surface area contributed by atoms with E-state index in [0.717, 1.165) is 36.1 Å². The van der Waals surface area contributed by atoms with Gasteiger partial charge >= 0.3 is 0 Å². The van der Waals surface area contributed by atoms with Gasteiger partial charge in [-0.1, -0.05) is 62.4 Å². The summed E-state index contributed by atoms with van der Waals surface area (Å²) in [7, 11) is 0. The number of para-hydroxylation sites is 1. The molecule has 27 heavy (non-hydrogen) atoms. The second-order valence-corrected chi connectivity index (χ2v) is 7.19. The topological polar surface area (TPSA) is 58.2 Å². The molecule has 4 nitrogen and oxygen atoms in total. The van der Waals surface area contributed by atoms with Crippen molar-refractivity contribution < 1.29 is 9.59 Å². The van der Waals surface area contributed by atoms with Crippen molar-refractivity contribution in [3.63, 3.8) is 0 Å². The van der Waals surface area contributed by atoms with Crippen molar-refractivity contribution >= 4 is 17.5 Å². The van der Waals surface area contributed by atoms with Gasteiger partial charge in [-0.3, -0.25) is 9.59 Å². The van der Waals surface area contributed by atoms with Crippen molar-refractivity contribution in [2.24, 2.45) is 5.41 Å². The molecule has 142 valence electrons. The molecule has 2 aromatic carbocycles. The molecule has 0 bridgehead atoms. The monoisotopic (exact) mass is 364 g/mol. The van der Waals surface area contributed by atoms with Crippen molar-refractivity contribution in [3.8, 4) is 0 Å². The van der Waals surface area contributed by atoms with E-state index < -0.39 is 5.41 Å². The molecule has 0 radical (unpaired) electrons. The number of nitrogens with one attached hydrogen (secondary N) is 2. The normalized spacial score (nSPS) is 14.4. The molecule has 4 heteroatoms. The van der Waals surface area contributed by atoms with E-state index in [4.69, 9.17) is 0 Å². The Morgan fingerprint density at radius 1 is 0.889 bits per heavy atom. The summed E-state index contributed by atoms with van der Waals surface area (Å²) in [5.74, 6) is -0.321. The third kappa shape index (κ3) is 4.21. The minimum atomic E-state index is -0.900. The van der Waals surface area contributed by atoms with Gasteiger partial charge in [0.25, 0.3) is 0 Å². The highest BCUT2D eigenvalue weighted by Gasteiger charge is 2.56. The molecule has 0 unspecified atom stereocenters. The van der Waals surface area contributed by atoms with Gasteiger partial charge in [0.05, 0.1) is 0 Å². The van der Waals surface area contributed by atoms with Crippen LogP contribution in [-0.2, 0) is 28.9 Å². The number of aryl methyl sites for hydroxylation is 2. The first-order valence-electron chi connectivity index (χ1n) is 9.85. The SMILES string of the molecule is CCc1cccc(CC)c1NC(=O)C1(C(=O)NCCc2ccccc2)CC1. The lowest BCUT2D eigenvalue weighted by molar-refractivity contribution is -0.134. The molecule has 2 amide bonds. The van der Waals surface area contributed by atoms with Crippen molar-refractivity contribution in [2.45, 2.75) is 46.0 Å². The lowest BCUT2D eigenvalue weighted by Crippen LogP contribution is -2.41. The second kappa shape index (κ2) is 8.38. The fourth-order valence-corrected chi connectivity index (χ4v) is 3.45. The molecule has 2 aromatic rings. The Morgan fingerprint density at radius 2 is 1.52 bits per heavy atom. The minimum absolute atomic E-state index is 0.150.